The molecule has 2 rings (SSSR count). The fraction of sp³-hybridized carbons (Fsp3) is 0.125. The lowest BCUT2D eigenvalue weighted by atomic mass is 10.2. The van der Waals surface area contributed by atoms with Gasteiger partial charge in [-0.05, 0) is 35.4 Å². The van der Waals surface area contributed by atoms with Crippen LogP contribution in [0.1, 0.15) is 16.7 Å². The molecule has 0 radical (unpaired) electrons. The summed E-state index contributed by atoms with van der Waals surface area (Å²) in [6.07, 6.45) is 0.0341. The highest BCUT2D eigenvalue weighted by molar-refractivity contribution is 7.98. The first kappa shape index (κ1) is 15.4. The first-order valence-corrected chi connectivity index (χ1v) is 7.57. The van der Waals surface area contributed by atoms with Crippen molar-refractivity contribution >= 4 is 29.3 Å². The van der Waals surface area contributed by atoms with Crippen molar-refractivity contribution in [3.05, 3.63) is 64.2 Å². The zero-order chi connectivity index (χ0) is 15.2. The quantitative estimate of drug-likeness (QED) is 0.842. The molecule has 2 aromatic rings. The molecule has 0 unspecified atom stereocenters. The van der Waals surface area contributed by atoms with E-state index in [1.165, 1.54) is 0 Å². The first-order chi connectivity index (χ1) is 10.1. The summed E-state index contributed by atoms with van der Waals surface area (Å²) < 4.78 is 0. The van der Waals surface area contributed by atoms with E-state index in [0.717, 1.165) is 16.0 Å². The summed E-state index contributed by atoms with van der Waals surface area (Å²) in [5, 5.41) is 18.1. The number of carboxylic acid groups (broad SMARTS) is 1. The maximum absolute atomic E-state index is 10.6. The molecule has 21 heavy (non-hydrogen) atoms. The van der Waals surface area contributed by atoms with E-state index in [1.807, 2.05) is 30.3 Å². The summed E-state index contributed by atoms with van der Waals surface area (Å²) >= 11 is 7.74. The number of nitrogens with zero attached hydrogens (tertiary/aromatic N) is 1. The average Bonchev–Trinajstić information content (AvgIpc) is 2.47. The van der Waals surface area contributed by atoms with Crippen molar-refractivity contribution in [3.8, 4) is 6.07 Å². The minimum atomic E-state index is -0.834. The van der Waals surface area contributed by atoms with Gasteiger partial charge >= 0.3 is 5.97 Å². The normalized spacial score (nSPS) is 10.1. The second-order valence-electron chi connectivity index (χ2n) is 4.42. The van der Waals surface area contributed by atoms with Gasteiger partial charge < -0.3 is 5.11 Å². The van der Waals surface area contributed by atoms with Gasteiger partial charge in [0.15, 0.2) is 0 Å². The van der Waals surface area contributed by atoms with Crippen LogP contribution in [0, 0.1) is 11.3 Å². The fourth-order valence-electron chi connectivity index (χ4n) is 1.77. The molecule has 0 bridgehead atoms. The highest BCUT2D eigenvalue weighted by Gasteiger charge is 2.04. The summed E-state index contributed by atoms with van der Waals surface area (Å²) in [6.45, 7) is 0. The smallest absolute Gasteiger partial charge is 0.307 e. The van der Waals surface area contributed by atoms with Crippen LogP contribution >= 0.6 is 23.4 Å². The molecule has 5 heteroatoms. The molecule has 0 fully saturated rings. The predicted octanol–water partition coefficient (Wildman–Crippen LogP) is 4.13. The Balaban J connectivity index is 2.00. The molecule has 0 amide bonds. The number of benzene rings is 2. The first-order valence-electron chi connectivity index (χ1n) is 6.20. The van der Waals surface area contributed by atoms with Crippen LogP contribution in [0.25, 0.3) is 0 Å². The monoisotopic (exact) mass is 317 g/mol. The standard InChI is InChI=1S/C16H12ClNO2S/c17-15-7-12(9-18)1-4-13(15)10-21-14-5-2-11(3-6-14)8-16(19)20/h1-7H,8,10H2,(H,19,20). The van der Waals surface area contributed by atoms with Gasteiger partial charge in [-0.1, -0.05) is 29.8 Å². The number of thioether (sulfide) groups is 1. The third kappa shape index (κ3) is 4.52. The van der Waals surface area contributed by atoms with Crippen molar-refractivity contribution in [2.75, 3.05) is 0 Å². The molecule has 0 aromatic heterocycles. The second kappa shape index (κ2) is 7.16. The lowest BCUT2D eigenvalue weighted by Gasteiger charge is -2.05. The van der Waals surface area contributed by atoms with Gasteiger partial charge in [-0.25, -0.2) is 0 Å². The fourth-order valence-corrected chi connectivity index (χ4v) is 3.00. The van der Waals surface area contributed by atoms with E-state index >= 15 is 0 Å². The summed E-state index contributed by atoms with van der Waals surface area (Å²) in [5.41, 5.74) is 2.30. The Hall–Kier alpha value is -1.96. The molecule has 0 heterocycles. The minimum Gasteiger partial charge on any atom is -0.481 e. The van der Waals surface area contributed by atoms with Crippen molar-refractivity contribution in [1.29, 1.82) is 5.26 Å². The zero-order valence-corrected chi connectivity index (χ0v) is 12.6. The van der Waals surface area contributed by atoms with Gasteiger partial charge in [-0.2, -0.15) is 5.26 Å². The Kier molecular flexibility index (Phi) is 5.26. The maximum Gasteiger partial charge on any atom is 0.307 e. The number of nitriles is 1. The summed E-state index contributed by atoms with van der Waals surface area (Å²) in [5.74, 6) is -0.136. The lowest BCUT2D eigenvalue weighted by molar-refractivity contribution is -0.136. The van der Waals surface area contributed by atoms with E-state index in [1.54, 1.807) is 23.9 Å². The Labute approximate surface area is 132 Å². The maximum atomic E-state index is 10.6. The van der Waals surface area contributed by atoms with Crippen LogP contribution in [-0.2, 0) is 17.0 Å². The number of rotatable bonds is 5. The number of hydrogen-bond acceptors (Lipinski definition) is 3. The SMILES string of the molecule is N#Cc1ccc(CSc2ccc(CC(=O)O)cc2)c(Cl)c1. The van der Waals surface area contributed by atoms with Gasteiger partial charge in [-0.15, -0.1) is 11.8 Å². The van der Waals surface area contributed by atoms with Gasteiger partial charge in [0.05, 0.1) is 18.1 Å². The molecular weight excluding hydrogens is 306 g/mol. The van der Waals surface area contributed by atoms with Crippen LogP contribution in [0.3, 0.4) is 0 Å². The van der Waals surface area contributed by atoms with E-state index in [2.05, 4.69) is 6.07 Å². The molecular formula is C16H12ClNO2S. The van der Waals surface area contributed by atoms with E-state index < -0.39 is 5.97 Å². The van der Waals surface area contributed by atoms with E-state index in [4.69, 9.17) is 22.0 Å². The molecule has 0 aliphatic rings. The molecule has 0 saturated carbocycles. The lowest BCUT2D eigenvalue weighted by Crippen LogP contribution is -1.99. The number of carbonyl (C=O) groups is 1. The van der Waals surface area contributed by atoms with Crippen LogP contribution in [0.2, 0.25) is 5.02 Å². The van der Waals surface area contributed by atoms with Crippen LogP contribution in [0.5, 0.6) is 0 Å². The predicted molar refractivity (Wildman–Crippen MR) is 83.5 cm³/mol. The Morgan fingerprint density at radius 1 is 1.24 bits per heavy atom. The van der Waals surface area contributed by atoms with Gasteiger partial charge in [0, 0.05) is 15.7 Å². The van der Waals surface area contributed by atoms with Crippen LogP contribution in [0.4, 0.5) is 0 Å². The number of hydrogen-bond donors (Lipinski definition) is 1. The van der Waals surface area contributed by atoms with Gasteiger partial charge in [-0.3, -0.25) is 4.79 Å². The minimum absolute atomic E-state index is 0.0341. The zero-order valence-electron chi connectivity index (χ0n) is 11.0. The largest absolute Gasteiger partial charge is 0.481 e. The summed E-state index contributed by atoms with van der Waals surface area (Å²) in [4.78, 5) is 11.7. The number of halogens is 1. The molecule has 0 spiro atoms. The Morgan fingerprint density at radius 2 is 1.95 bits per heavy atom. The molecule has 2 aromatic carbocycles. The van der Waals surface area contributed by atoms with Crippen LogP contribution in [0.15, 0.2) is 47.4 Å². The third-order valence-electron chi connectivity index (χ3n) is 2.86. The highest BCUT2D eigenvalue weighted by atomic mass is 35.5. The molecule has 3 nitrogen and oxygen atoms in total. The van der Waals surface area contributed by atoms with Crippen molar-refractivity contribution in [2.45, 2.75) is 17.1 Å². The molecule has 106 valence electrons. The number of aliphatic carboxylic acids is 1. The van der Waals surface area contributed by atoms with Crippen molar-refractivity contribution in [3.63, 3.8) is 0 Å². The Morgan fingerprint density at radius 3 is 2.52 bits per heavy atom. The van der Waals surface area contributed by atoms with Crippen molar-refractivity contribution < 1.29 is 9.90 Å². The molecule has 0 aliphatic carbocycles. The molecule has 0 aliphatic heterocycles. The summed E-state index contributed by atoms with van der Waals surface area (Å²) in [7, 11) is 0. The third-order valence-corrected chi connectivity index (χ3v) is 4.27. The van der Waals surface area contributed by atoms with E-state index in [0.29, 0.717) is 16.3 Å². The van der Waals surface area contributed by atoms with E-state index in [-0.39, 0.29) is 6.42 Å². The number of carboxylic acids is 1. The van der Waals surface area contributed by atoms with Crippen LogP contribution in [-0.4, -0.2) is 11.1 Å². The van der Waals surface area contributed by atoms with Crippen molar-refractivity contribution in [1.82, 2.24) is 0 Å². The van der Waals surface area contributed by atoms with Crippen molar-refractivity contribution in [2.24, 2.45) is 0 Å². The van der Waals surface area contributed by atoms with Crippen LogP contribution < -0.4 is 0 Å². The topological polar surface area (TPSA) is 61.1 Å². The summed E-state index contributed by atoms with van der Waals surface area (Å²) in [6, 6.07) is 14.8. The van der Waals surface area contributed by atoms with Gasteiger partial charge in [0.25, 0.3) is 0 Å². The highest BCUT2D eigenvalue weighted by Crippen LogP contribution is 2.27. The molecule has 0 atom stereocenters. The second-order valence-corrected chi connectivity index (χ2v) is 5.88. The Bertz CT molecular complexity index is 692. The molecule has 1 N–H and O–H groups in total. The average molecular weight is 318 g/mol. The van der Waals surface area contributed by atoms with Gasteiger partial charge in [0.1, 0.15) is 0 Å². The van der Waals surface area contributed by atoms with Gasteiger partial charge in [0.2, 0.25) is 0 Å². The molecule has 0 saturated heterocycles. The van der Waals surface area contributed by atoms with E-state index in [9.17, 15) is 4.79 Å².